The van der Waals surface area contributed by atoms with E-state index < -0.39 is 0 Å². The number of hydrogen-bond acceptors (Lipinski definition) is 4. The zero-order valence-corrected chi connectivity index (χ0v) is 19.7. The molecule has 2 heterocycles. The number of unbranched alkanes of at least 4 members (excludes halogenated alkanes) is 1. The summed E-state index contributed by atoms with van der Waals surface area (Å²) in [5, 5.41) is 4.04. The Kier molecular flexibility index (Phi) is 6.48. The average Bonchev–Trinajstić information content (AvgIpc) is 3.55. The van der Waals surface area contributed by atoms with Crippen molar-refractivity contribution in [2.45, 2.75) is 45.6 Å². The van der Waals surface area contributed by atoms with Crippen molar-refractivity contribution in [1.29, 1.82) is 0 Å². The lowest BCUT2D eigenvalue weighted by atomic mass is 9.98. The number of nitrogens with zero attached hydrogens (tertiary/aromatic N) is 3. The Balaban J connectivity index is 1.28. The second kappa shape index (κ2) is 10.0. The summed E-state index contributed by atoms with van der Waals surface area (Å²) >= 11 is 0. The first kappa shape index (κ1) is 22.0. The van der Waals surface area contributed by atoms with Crippen LogP contribution in [0, 0.1) is 6.92 Å². The molecule has 0 saturated heterocycles. The normalized spacial score (nSPS) is 15.7. The standard InChI is InChI=1S/C30H29N3O/c1-3-4-5-10-29-32-30(34-33-29)25-17-13-23(14-18-25)22-11-15-24(16-12-22)27-19-20-28(31-27)26-9-7-6-8-21(26)2/h5-18,27H,3-4,19-20H2,1-2H3/b10-5-. The van der Waals surface area contributed by atoms with Gasteiger partial charge in [-0.15, -0.1) is 0 Å². The van der Waals surface area contributed by atoms with Crippen molar-refractivity contribution in [2.24, 2.45) is 4.99 Å². The fourth-order valence-electron chi connectivity index (χ4n) is 4.41. The van der Waals surface area contributed by atoms with Gasteiger partial charge in [0.05, 0.1) is 6.04 Å². The van der Waals surface area contributed by atoms with Crippen LogP contribution >= 0.6 is 0 Å². The fraction of sp³-hybridized carbons (Fsp3) is 0.233. The third-order valence-electron chi connectivity index (χ3n) is 6.35. The number of hydrogen-bond donors (Lipinski definition) is 0. The maximum absolute atomic E-state index is 5.42. The second-order valence-electron chi connectivity index (χ2n) is 8.79. The van der Waals surface area contributed by atoms with Gasteiger partial charge in [-0.3, -0.25) is 4.99 Å². The molecule has 4 heteroatoms. The highest BCUT2D eigenvalue weighted by Gasteiger charge is 2.21. The Hall–Kier alpha value is -3.79. The summed E-state index contributed by atoms with van der Waals surface area (Å²) in [4.78, 5) is 9.52. The van der Waals surface area contributed by atoms with Crippen molar-refractivity contribution < 1.29 is 4.52 Å². The van der Waals surface area contributed by atoms with Gasteiger partial charge >= 0.3 is 0 Å². The summed E-state index contributed by atoms with van der Waals surface area (Å²) in [6, 6.07) is 25.8. The van der Waals surface area contributed by atoms with Crippen LogP contribution in [0.15, 0.2) is 88.4 Å². The van der Waals surface area contributed by atoms with Crippen LogP contribution in [0.25, 0.3) is 28.7 Å². The van der Waals surface area contributed by atoms with Gasteiger partial charge in [0.25, 0.3) is 5.89 Å². The van der Waals surface area contributed by atoms with E-state index in [-0.39, 0.29) is 6.04 Å². The van der Waals surface area contributed by atoms with Crippen LogP contribution in [0.4, 0.5) is 0 Å². The van der Waals surface area contributed by atoms with Crippen LogP contribution in [-0.2, 0) is 0 Å². The topological polar surface area (TPSA) is 51.3 Å². The van der Waals surface area contributed by atoms with E-state index in [1.165, 1.54) is 28.0 Å². The molecule has 3 aromatic carbocycles. The molecule has 0 spiro atoms. The van der Waals surface area contributed by atoms with Crippen molar-refractivity contribution in [3.8, 4) is 22.6 Å². The van der Waals surface area contributed by atoms with Crippen molar-refractivity contribution in [3.05, 3.63) is 101 Å². The minimum atomic E-state index is 0.240. The maximum atomic E-state index is 5.42. The molecular formula is C30H29N3O. The Morgan fingerprint density at radius 1 is 0.912 bits per heavy atom. The molecule has 0 radical (unpaired) electrons. The van der Waals surface area contributed by atoms with E-state index in [0.29, 0.717) is 11.7 Å². The first-order chi connectivity index (χ1) is 16.7. The molecular weight excluding hydrogens is 418 g/mol. The number of rotatable bonds is 7. The lowest BCUT2D eigenvalue weighted by Gasteiger charge is -2.09. The van der Waals surface area contributed by atoms with E-state index in [0.717, 1.165) is 36.8 Å². The van der Waals surface area contributed by atoms with Crippen molar-refractivity contribution in [2.75, 3.05) is 0 Å². The number of aryl methyl sites for hydroxylation is 1. The summed E-state index contributed by atoms with van der Waals surface area (Å²) in [6.07, 6.45) is 8.19. The van der Waals surface area contributed by atoms with Gasteiger partial charge in [0.15, 0.2) is 5.82 Å². The quantitative estimate of drug-likeness (QED) is 0.290. The zero-order chi connectivity index (χ0) is 23.3. The molecule has 0 saturated carbocycles. The second-order valence-corrected chi connectivity index (χ2v) is 8.79. The third kappa shape index (κ3) is 4.76. The van der Waals surface area contributed by atoms with E-state index in [2.05, 4.69) is 90.7 Å². The molecule has 0 amide bonds. The van der Waals surface area contributed by atoms with Gasteiger partial charge in [0.2, 0.25) is 0 Å². The Morgan fingerprint density at radius 2 is 1.62 bits per heavy atom. The Bertz CT molecular complexity index is 1310. The fourth-order valence-corrected chi connectivity index (χ4v) is 4.41. The zero-order valence-electron chi connectivity index (χ0n) is 19.7. The van der Waals surface area contributed by atoms with Crippen molar-refractivity contribution >= 4 is 11.8 Å². The summed E-state index contributed by atoms with van der Waals surface area (Å²) in [7, 11) is 0. The van der Waals surface area contributed by atoms with Gasteiger partial charge in [-0.25, -0.2) is 0 Å². The Morgan fingerprint density at radius 3 is 2.35 bits per heavy atom. The van der Waals surface area contributed by atoms with Crippen molar-refractivity contribution in [1.82, 2.24) is 10.1 Å². The lowest BCUT2D eigenvalue weighted by Crippen LogP contribution is -1.98. The number of aliphatic imine (C=N–C) groups is 1. The van der Waals surface area contributed by atoms with Crippen LogP contribution in [0.3, 0.4) is 0 Å². The van der Waals surface area contributed by atoms with Crippen LogP contribution in [0.5, 0.6) is 0 Å². The van der Waals surface area contributed by atoms with Gasteiger partial charge in [-0.2, -0.15) is 4.98 Å². The van der Waals surface area contributed by atoms with Gasteiger partial charge in [-0.1, -0.05) is 85.2 Å². The Labute approximate surface area is 201 Å². The van der Waals surface area contributed by atoms with E-state index >= 15 is 0 Å². The first-order valence-electron chi connectivity index (χ1n) is 12.0. The highest BCUT2D eigenvalue weighted by molar-refractivity contribution is 6.02. The van der Waals surface area contributed by atoms with Crippen LogP contribution in [-0.4, -0.2) is 15.9 Å². The smallest absolute Gasteiger partial charge is 0.258 e. The highest BCUT2D eigenvalue weighted by Crippen LogP contribution is 2.33. The predicted molar refractivity (Wildman–Crippen MR) is 139 cm³/mol. The molecule has 34 heavy (non-hydrogen) atoms. The first-order valence-corrected chi connectivity index (χ1v) is 12.0. The number of aromatic nitrogens is 2. The summed E-state index contributed by atoms with van der Waals surface area (Å²) in [5.74, 6) is 1.16. The molecule has 4 nitrogen and oxygen atoms in total. The van der Waals surface area contributed by atoms with E-state index in [1.54, 1.807) is 0 Å². The molecule has 5 rings (SSSR count). The molecule has 0 fully saturated rings. The largest absolute Gasteiger partial charge is 0.334 e. The minimum absolute atomic E-state index is 0.240. The SMILES string of the molecule is CCC/C=C\c1noc(-c2ccc(-c3ccc(C4CCC(c5ccccc5C)=N4)cc3)cc2)n1. The molecule has 1 aliphatic rings. The highest BCUT2D eigenvalue weighted by atomic mass is 16.5. The van der Waals surface area contributed by atoms with Gasteiger partial charge in [0, 0.05) is 11.3 Å². The maximum Gasteiger partial charge on any atom is 0.258 e. The monoisotopic (exact) mass is 447 g/mol. The molecule has 0 bridgehead atoms. The van der Waals surface area contributed by atoms with Gasteiger partial charge < -0.3 is 4.52 Å². The summed E-state index contributed by atoms with van der Waals surface area (Å²) in [5.41, 5.74) is 8.36. The van der Waals surface area contributed by atoms with E-state index in [4.69, 9.17) is 9.52 Å². The minimum Gasteiger partial charge on any atom is -0.334 e. The van der Waals surface area contributed by atoms with Crippen LogP contribution < -0.4 is 0 Å². The molecule has 1 aromatic heterocycles. The number of benzene rings is 3. The summed E-state index contributed by atoms with van der Waals surface area (Å²) < 4.78 is 5.42. The van der Waals surface area contributed by atoms with Crippen LogP contribution in [0.2, 0.25) is 0 Å². The number of allylic oxidation sites excluding steroid dienone is 1. The predicted octanol–water partition coefficient (Wildman–Crippen LogP) is 7.85. The molecule has 1 unspecified atom stereocenters. The third-order valence-corrected chi connectivity index (χ3v) is 6.35. The van der Waals surface area contributed by atoms with E-state index in [9.17, 15) is 0 Å². The molecule has 4 aromatic rings. The summed E-state index contributed by atoms with van der Waals surface area (Å²) in [6.45, 7) is 4.31. The average molecular weight is 448 g/mol. The molecule has 0 N–H and O–H groups in total. The molecule has 170 valence electrons. The molecule has 1 aliphatic heterocycles. The van der Waals surface area contributed by atoms with Crippen LogP contribution in [0.1, 0.15) is 61.2 Å². The molecule has 0 aliphatic carbocycles. The molecule has 1 atom stereocenters. The van der Waals surface area contributed by atoms with Crippen molar-refractivity contribution in [3.63, 3.8) is 0 Å². The van der Waals surface area contributed by atoms with E-state index in [1.807, 2.05) is 18.2 Å². The van der Waals surface area contributed by atoms with Gasteiger partial charge in [-0.05, 0) is 72.2 Å². The lowest BCUT2D eigenvalue weighted by molar-refractivity contribution is 0.428. The van der Waals surface area contributed by atoms with Gasteiger partial charge in [0.1, 0.15) is 0 Å².